The first-order valence-electron chi connectivity index (χ1n) is 6.45. The van der Waals surface area contributed by atoms with E-state index in [0.717, 1.165) is 11.3 Å². The van der Waals surface area contributed by atoms with E-state index in [4.69, 9.17) is 4.74 Å². The average molecular weight is 275 g/mol. The second kappa shape index (κ2) is 6.39. The van der Waals surface area contributed by atoms with Crippen molar-refractivity contribution in [2.45, 2.75) is 19.5 Å². The molecule has 0 bridgehead atoms. The third-order valence-electron chi connectivity index (χ3n) is 3.25. The van der Waals surface area contributed by atoms with Gasteiger partial charge in [0.25, 0.3) is 0 Å². The number of methoxy groups -OCH3 is 1. The molecule has 0 saturated carbocycles. The van der Waals surface area contributed by atoms with Crippen LogP contribution in [0, 0.1) is 5.82 Å². The van der Waals surface area contributed by atoms with Crippen molar-refractivity contribution in [2.75, 3.05) is 7.11 Å². The van der Waals surface area contributed by atoms with Crippen molar-refractivity contribution in [3.63, 3.8) is 0 Å². The molecular weight excluding hydrogens is 257 g/mol. The fourth-order valence-electron chi connectivity index (χ4n) is 2.09. The molecule has 3 nitrogen and oxygen atoms in total. The Bertz CT molecular complexity index is 586. The fraction of sp³-hybridized carbons (Fsp3) is 0.250. The number of halogens is 1. The van der Waals surface area contributed by atoms with E-state index in [1.54, 1.807) is 7.11 Å². The lowest BCUT2D eigenvalue weighted by molar-refractivity contribution is 0.405. The van der Waals surface area contributed by atoms with E-state index < -0.39 is 0 Å². The van der Waals surface area contributed by atoms with Crippen LogP contribution in [0.4, 0.5) is 4.39 Å². The van der Waals surface area contributed by atoms with E-state index in [0.29, 0.717) is 12.1 Å². The highest BCUT2D eigenvalue weighted by atomic mass is 19.1. The van der Waals surface area contributed by atoms with Crippen LogP contribution >= 0.6 is 0 Å². The maximum atomic E-state index is 13.2. The molecule has 0 fully saturated rings. The summed E-state index contributed by atoms with van der Waals surface area (Å²) in [4.78, 5) is 0. The van der Waals surface area contributed by atoms with Gasteiger partial charge in [0.2, 0.25) is 0 Å². The molecule has 2 N–H and O–H groups in total. The van der Waals surface area contributed by atoms with E-state index in [1.165, 1.54) is 18.2 Å². The molecule has 2 aromatic carbocycles. The van der Waals surface area contributed by atoms with Crippen LogP contribution in [0.5, 0.6) is 11.5 Å². The SMILES string of the molecule is COc1ccccc1CNC(C)c1cc(F)ccc1O. The highest BCUT2D eigenvalue weighted by Crippen LogP contribution is 2.25. The lowest BCUT2D eigenvalue weighted by atomic mass is 10.1. The molecule has 0 aromatic heterocycles. The van der Waals surface area contributed by atoms with Crippen LogP contribution in [0.2, 0.25) is 0 Å². The third kappa shape index (κ3) is 3.27. The van der Waals surface area contributed by atoms with Gasteiger partial charge in [-0.25, -0.2) is 4.39 Å². The molecule has 1 unspecified atom stereocenters. The molecule has 0 amide bonds. The van der Waals surface area contributed by atoms with Crippen LogP contribution in [0.15, 0.2) is 42.5 Å². The van der Waals surface area contributed by atoms with Crippen LogP contribution in [0.1, 0.15) is 24.1 Å². The Hall–Kier alpha value is -2.07. The van der Waals surface area contributed by atoms with Gasteiger partial charge in [-0.15, -0.1) is 0 Å². The number of benzene rings is 2. The average Bonchev–Trinajstić information content (AvgIpc) is 2.47. The van der Waals surface area contributed by atoms with Gasteiger partial charge in [-0.3, -0.25) is 0 Å². The van der Waals surface area contributed by atoms with Gasteiger partial charge in [0.1, 0.15) is 17.3 Å². The molecule has 0 radical (unpaired) electrons. The van der Waals surface area contributed by atoms with Crippen LogP contribution in [0.25, 0.3) is 0 Å². The minimum absolute atomic E-state index is 0.0893. The summed E-state index contributed by atoms with van der Waals surface area (Å²) in [6.07, 6.45) is 0. The molecule has 0 aliphatic carbocycles. The summed E-state index contributed by atoms with van der Waals surface area (Å²) in [5.41, 5.74) is 1.55. The minimum Gasteiger partial charge on any atom is -0.508 e. The van der Waals surface area contributed by atoms with E-state index in [2.05, 4.69) is 5.32 Å². The molecule has 0 heterocycles. The first-order valence-corrected chi connectivity index (χ1v) is 6.45. The lowest BCUT2D eigenvalue weighted by Gasteiger charge is -2.17. The number of nitrogens with one attached hydrogen (secondary N) is 1. The summed E-state index contributed by atoms with van der Waals surface area (Å²) >= 11 is 0. The van der Waals surface area contributed by atoms with Gasteiger partial charge in [0.15, 0.2) is 0 Å². The van der Waals surface area contributed by atoms with Crippen LogP contribution in [-0.2, 0) is 6.54 Å². The van der Waals surface area contributed by atoms with Crippen molar-refractivity contribution in [1.82, 2.24) is 5.32 Å². The molecule has 2 aromatic rings. The Morgan fingerprint density at radius 3 is 2.75 bits per heavy atom. The predicted molar refractivity (Wildman–Crippen MR) is 76.3 cm³/mol. The molecule has 4 heteroatoms. The second-order valence-electron chi connectivity index (χ2n) is 4.62. The van der Waals surface area contributed by atoms with E-state index in [-0.39, 0.29) is 17.6 Å². The monoisotopic (exact) mass is 275 g/mol. The van der Waals surface area contributed by atoms with Crippen molar-refractivity contribution in [3.8, 4) is 11.5 Å². The molecule has 106 valence electrons. The quantitative estimate of drug-likeness (QED) is 0.879. The number of aromatic hydroxyl groups is 1. The largest absolute Gasteiger partial charge is 0.508 e. The molecular formula is C16H18FNO2. The summed E-state index contributed by atoms with van der Waals surface area (Å²) in [5, 5.41) is 13.0. The van der Waals surface area contributed by atoms with Crippen molar-refractivity contribution in [2.24, 2.45) is 0 Å². The Kier molecular flexibility index (Phi) is 4.58. The maximum absolute atomic E-state index is 13.2. The molecule has 2 rings (SSSR count). The fourth-order valence-corrected chi connectivity index (χ4v) is 2.09. The van der Waals surface area contributed by atoms with Gasteiger partial charge < -0.3 is 15.2 Å². The number of hydrogen-bond acceptors (Lipinski definition) is 3. The minimum atomic E-state index is -0.358. The predicted octanol–water partition coefficient (Wildman–Crippen LogP) is 3.39. The Morgan fingerprint density at radius 1 is 1.25 bits per heavy atom. The number of ether oxygens (including phenoxy) is 1. The number of phenols is 1. The summed E-state index contributed by atoms with van der Waals surface area (Å²) in [6.45, 7) is 2.45. The van der Waals surface area contributed by atoms with Crippen molar-refractivity contribution < 1.29 is 14.2 Å². The number of hydrogen-bond donors (Lipinski definition) is 2. The summed E-state index contributed by atoms with van der Waals surface area (Å²) in [6, 6.07) is 11.5. The zero-order valence-corrected chi connectivity index (χ0v) is 11.6. The van der Waals surface area contributed by atoms with Gasteiger partial charge in [-0.1, -0.05) is 18.2 Å². The zero-order valence-electron chi connectivity index (χ0n) is 11.6. The summed E-state index contributed by atoms with van der Waals surface area (Å²) < 4.78 is 18.5. The zero-order chi connectivity index (χ0) is 14.5. The molecule has 0 spiro atoms. The number of phenolic OH excluding ortho intramolecular Hbond substituents is 1. The highest BCUT2D eigenvalue weighted by molar-refractivity contribution is 5.36. The summed E-state index contributed by atoms with van der Waals surface area (Å²) in [5.74, 6) is 0.533. The Labute approximate surface area is 118 Å². The molecule has 20 heavy (non-hydrogen) atoms. The van der Waals surface area contributed by atoms with Gasteiger partial charge in [-0.05, 0) is 31.2 Å². The number of para-hydroxylation sites is 1. The van der Waals surface area contributed by atoms with Crippen molar-refractivity contribution in [1.29, 1.82) is 0 Å². The van der Waals surface area contributed by atoms with Crippen molar-refractivity contribution >= 4 is 0 Å². The Balaban J connectivity index is 2.08. The highest BCUT2D eigenvalue weighted by Gasteiger charge is 2.12. The Morgan fingerprint density at radius 2 is 2.00 bits per heavy atom. The van der Waals surface area contributed by atoms with Crippen LogP contribution < -0.4 is 10.1 Å². The van der Waals surface area contributed by atoms with Gasteiger partial charge in [0.05, 0.1) is 7.11 Å². The first-order chi connectivity index (χ1) is 9.61. The second-order valence-corrected chi connectivity index (χ2v) is 4.62. The lowest BCUT2D eigenvalue weighted by Crippen LogP contribution is -2.18. The van der Waals surface area contributed by atoms with Crippen molar-refractivity contribution in [3.05, 3.63) is 59.4 Å². The molecule has 0 saturated heterocycles. The van der Waals surface area contributed by atoms with E-state index in [9.17, 15) is 9.50 Å². The summed E-state index contributed by atoms with van der Waals surface area (Å²) in [7, 11) is 1.63. The van der Waals surface area contributed by atoms with E-state index >= 15 is 0 Å². The van der Waals surface area contributed by atoms with Gasteiger partial charge >= 0.3 is 0 Å². The smallest absolute Gasteiger partial charge is 0.123 e. The standard InChI is InChI=1S/C16H18FNO2/c1-11(14-9-13(17)7-8-15(14)19)18-10-12-5-3-4-6-16(12)20-2/h3-9,11,18-19H,10H2,1-2H3. The van der Waals surface area contributed by atoms with Crippen LogP contribution in [0.3, 0.4) is 0 Å². The molecule has 0 aliphatic heterocycles. The first kappa shape index (κ1) is 14.3. The topological polar surface area (TPSA) is 41.5 Å². The van der Waals surface area contributed by atoms with Crippen LogP contribution in [-0.4, -0.2) is 12.2 Å². The third-order valence-corrected chi connectivity index (χ3v) is 3.25. The van der Waals surface area contributed by atoms with E-state index in [1.807, 2.05) is 31.2 Å². The molecule has 1 atom stereocenters. The van der Waals surface area contributed by atoms with Gasteiger partial charge in [-0.2, -0.15) is 0 Å². The maximum Gasteiger partial charge on any atom is 0.123 e. The normalized spacial score (nSPS) is 12.2. The molecule has 0 aliphatic rings. The van der Waals surface area contributed by atoms with Gasteiger partial charge in [0, 0.05) is 23.7 Å². The number of rotatable bonds is 5.